The highest BCUT2D eigenvalue weighted by Crippen LogP contribution is 2.31. The highest BCUT2D eigenvalue weighted by molar-refractivity contribution is 8.00. The van der Waals surface area contributed by atoms with Crippen molar-refractivity contribution >= 4 is 51.4 Å². The number of hydrogen-bond acceptors (Lipinski definition) is 3. The normalized spacial score (nSPS) is 11.6. The van der Waals surface area contributed by atoms with Crippen molar-refractivity contribution in [2.75, 3.05) is 10.2 Å². The molecule has 0 aliphatic carbocycles. The molecule has 0 saturated heterocycles. The van der Waals surface area contributed by atoms with E-state index in [2.05, 4.69) is 5.32 Å². The Balaban J connectivity index is 1.27. The molecular formula is C32H26N2O2S. The van der Waals surface area contributed by atoms with Crippen LogP contribution >= 0.6 is 11.8 Å². The van der Waals surface area contributed by atoms with E-state index in [1.54, 1.807) is 4.90 Å². The van der Waals surface area contributed by atoms with Crippen molar-refractivity contribution in [1.82, 2.24) is 0 Å². The standard InChI is InChI=1S/C32H26N2O2S/c1-23(32(36)34(28-12-4-2-5-13-28)29-14-6-3-7-15-29)37-30-20-18-27(19-21-30)33-31(35)26-17-16-24-10-8-9-11-25(24)22-26/h2-23H,1H3,(H,33,35). The van der Waals surface area contributed by atoms with Gasteiger partial charge in [-0.3, -0.25) is 14.5 Å². The molecule has 0 fully saturated rings. The fourth-order valence-corrected chi connectivity index (χ4v) is 5.05. The molecule has 1 N–H and O–H groups in total. The number of hydrogen-bond donors (Lipinski definition) is 1. The van der Waals surface area contributed by atoms with Crippen molar-refractivity contribution < 1.29 is 9.59 Å². The average Bonchev–Trinajstić information content (AvgIpc) is 2.95. The van der Waals surface area contributed by atoms with Gasteiger partial charge in [0.1, 0.15) is 0 Å². The van der Waals surface area contributed by atoms with E-state index in [1.807, 2.05) is 134 Å². The van der Waals surface area contributed by atoms with E-state index in [9.17, 15) is 9.59 Å². The third kappa shape index (κ3) is 5.74. The van der Waals surface area contributed by atoms with E-state index in [4.69, 9.17) is 0 Å². The third-order valence-corrected chi connectivity index (χ3v) is 7.13. The van der Waals surface area contributed by atoms with E-state index in [0.717, 1.165) is 27.0 Å². The molecule has 0 saturated carbocycles. The predicted molar refractivity (Wildman–Crippen MR) is 154 cm³/mol. The Morgan fingerprint density at radius 1 is 0.676 bits per heavy atom. The summed E-state index contributed by atoms with van der Waals surface area (Å²) >= 11 is 1.49. The van der Waals surface area contributed by atoms with Gasteiger partial charge in [-0.25, -0.2) is 0 Å². The first-order valence-electron chi connectivity index (χ1n) is 12.1. The fourth-order valence-electron chi connectivity index (χ4n) is 4.14. The highest BCUT2D eigenvalue weighted by Gasteiger charge is 2.24. The average molecular weight is 503 g/mol. The van der Waals surface area contributed by atoms with E-state index in [0.29, 0.717) is 11.3 Å². The van der Waals surface area contributed by atoms with Crippen molar-refractivity contribution in [2.24, 2.45) is 0 Å². The molecule has 0 radical (unpaired) electrons. The first-order chi connectivity index (χ1) is 18.1. The molecule has 0 heterocycles. The predicted octanol–water partition coefficient (Wildman–Crippen LogP) is 7.94. The molecule has 1 unspecified atom stereocenters. The lowest BCUT2D eigenvalue weighted by Gasteiger charge is -2.26. The van der Waals surface area contributed by atoms with Gasteiger partial charge in [-0.05, 0) is 78.4 Å². The van der Waals surface area contributed by atoms with Gasteiger partial charge in [-0.2, -0.15) is 0 Å². The monoisotopic (exact) mass is 502 g/mol. The molecule has 37 heavy (non-hydrogen) atoms. The SMILES string of the molecule is CC(Sc1ccc(NC(=O)c2ccc3ccccc3c2)cc1)C(=O)N(c1ccccc1)c1ccccc1. The zero-order chi connectivity index (χ0) is 25.6. The Kier molecular flexibility index (Phi) is 7.33. The van der Waals surface area contributed by atoms with Gasteiger partial charge >= 0.3 is 0 Å². The van der Waals surface area contributed by atoms with Crippen molar-refractivity contribution in [2.45, 2.75) is 17.1 Å². The van der Waals surface area contributed by atoms with Crippen molar-refractivity contribution in [1.29, 1.82) is 0 Å². The Morgan fingerprint density at radius 3 is 1.86 bits per heavy atom. The number of nitrogens with one attached hydrogen (secondary N) is 1. The molecule has 5 heteroatoms. The molecule has 0 aliphatic heterocycles. The molecule has 0 aliphatic rings. The van der Waals surface area contributed by atoms with Crippen LogP contribution in [0.4, 0.5) is 17.1 Å². The number of amides is 2. The number of anilines is 3. The summed E-state index contributed by atoms with van der Waals surface area (Å²) in [7, 11) is 0. The van der Waals surface area contributed by atoms with Gasteiger partial charge in [0.15, 0.2) is 0 Å². The summed E-state index contributed by atoms with van der Waals surface area (Å²) in [6, 6.07) is 40.6. The molecule has 182 valence electrons. The van der Waals surface area contributed by atoms with Gasteiger partial charge in [0.2, 0.25) is 5.91 Å². The first kappa shape index (κ1) is 24.3. The minimum atomic E-state index is -0.321. The highest BCUT2D eigenvalue weighted by atomic mass is 32.2. The summed E-state index contributed by atoms with van der Waals surface area (Å²) in [4.78, 5) is 29.1. The van der Waals surface area contributed by atoms with Gasteiger partial charge in [0, 0.05) is 27.5 Å². The maximum absolute atomic E-state index is 13.6. The second-order valence-corrected chi connectivity index (χ2v) is 10.1. The quantitative estimate of drug-likeness (QED) is 0.230. The molecule has 1 atom stereocenters. The third-order valence-electron chi connectivity index (χ3n) is 6.03. The molecular weight excluding hydrogens is 476 g/mol. The van der Waals surface area contributed by atoms with E-state index in [-0.39, 0.29) is 17.1 Å². The summed E-state index contributed by atoms with van der Waals surface area (Å²) < 4.78 is 0. The van der Waals surface area contributed by atoms with Crippen LogP contribution in [0.1, 0.15) is 17.3 Å². The molecule has 0 bridgehead atoms. The number of thioether (sulfide) groups is 1. The Bertz CT molecular complexity index is 1480. The van der Waals surface area contributed by atoms with Gasteiger partial charge in [-0.1, -0.05) is 66.7 Å². The maximum atomic E-state index is 13.6. The number of nitrogens with zero attached hydrogens (tertiary/aromatic N) is 1. The van der Waals surface area contributed by atoms with E-state index in [1.165, 1.54) is 11.8 Å². The lowest BCUT2D eigenvalue weighted by molar-refractivity contribution is -0.117. The Morgan fingerprint density at radius 2 is 1.24 bits per heavy atom. The topological polar surface area (TPSA) is 49.4 Å². The largest absolute Gasteiger partial charge is 0.322 e. The van der Waals surface area contributed by atoms with Crippen LogP contribution in [0.5, 0.6) is 0 Å². The summed E-state index contributed by atoms with van der Waals surface area (Å²) in [5.74, 6) is -0.160. The number of carbonyl (C=O) groups excluding carboxylic acids is 2. The van der Waals surface area contributed by atoms with E-state index < -0.39 is 0 Å². The fraction of sp³-hybridized carbons (Fsp3) is 0.0625. The number of rotatable bonds is 7. The molecule has 0 aromatic heterocycles. The van der Waals surface area contributed by atoms with Crippen LogP contribution in [-0.4, -0.2) is 17.1 Å². The van der Waals surface area contributed by atoms with E-state index >= 15 is 0 Å². The lowest BCUT2D eigenvalue weighted by atomic mass is 10.1. The number of para-hydroxylation sites is 2. The second-order valence-electron chi connectivity index (χ2n) is 8.65. The summed E-state index contributed by atoms with van der Waals surface area (Å²) in [5.41, 5.74) is 2.98. The van der Waals surface area contributed by atoms with Crippen LogP contribution in [0.25, 0.3) is 10.8 Å². The number of benzene rings is 5. The van der Waals surface area contributed by atoms with Crippen LogP contribution in [0.15, 0.2) is 132 Å². The Hall–Kier alpha value is -4.35. The first-order valence-corrected chi connectivity index (χ1v) is 13.0. The van der Waals surface area contributed by atoms with Gasteiger partial charge in [0.05, 0.1) is 5.25 Å². The van der Waals surface area contributed by atoms with Crippen LogP contribution in [-0.2, 0) is 4.79 Å². The smallest absolute Gasteiger partial charge is 0.255 e. The second kappa shape index (κ2) is 11.1. The lowest BCUT2D eigenvalue weighted by Crippen LogP contribution is -2.32. The summed E-state index contributed by atoms with van der Waals surface area (Å²) in [6.07, 6.45) is 0. The molecule has 2 amide bonds. The summed E-state index contributed by atoms with van der Waals surface area (Å²) in [6.45, 7) is 1.92. The van der Waals surface area contributed by atoms with Crippen molar-refractivity contribution in [3.8, 4) is 0 Å². The van der Waals surface area contributed by atoms with Crippen LogP contribution in [0.3, 0.4) is 0 Å². The maximum Gasteiger partial charge on any atom is 0.255 e. The minimum absolute atomic E-state index is 0.00363. The Labute approximate surface area is 220 Å². The molecule has 5 rings (SSSR count). The van der Waals surface area contributed by atoms with Crippen molar-refractivity contribution in [3.63, 3.8) is 0 Å². The van der Waals surface area contributed by atoms with Crippen molar-refractivity contribution in [3.05, 3.63) is 133 Å². The van der Waals surface area contributed by atoms with Crippen LogP contribution in [0.2, 0.25) is 0 Å². The van der Waals surface area contributed by atoms with Gasteiger partial charge in [-0.15, -0.1) is 11.8 Å². The van der Waals surface area contributed by atoms with Gasteiger partial charge in [0.25, 0.3) is 5.91 Å². The van der Waals surface area contributed by atoms with Crippen LogP contribution in [0, 0.1) is 0 Å². The zero-order valence-corrected chi connectivity index (χ0v) is 21.2. The molecule has 4 nitrogen and oxygen atoms in total. The van der Waals surface area contributed by atoms with Gasteiger partial charge < -0.3 is 5.32 Å². The zero-order valence-electron chi connectivity index (χ0n) is 20.4. The number of carbonyl (C=O) groups is 2. The molecule has 5 aromatic carbocycles. The van der Waals surface area contributed by atoms with Crippen LogP contribution < -0.4 is 10.2 Å². The molecule has 5 aromatic rings. The molecule has 0 spiro atoms. The summed E-state index contributed by atoms with van der Waals surface area (Å²) in [5, 5.41) is 4.77. The number of fused-ring (bicyclic) bond motifs is 1. The minimum Gasteiger partial charge on any atom is -0.322 e.